The average Bonchev–Trinajstić information content (AvgIpc) is 2.26. The molecule has 78 valence electrons. The van der Waals surface area contributed by atoms with Crippen LogP contribution in [0.2, 0.25) is 0 Å². The highest BCUT2D eigenvalue weighted by Gasteiger charge is 2.42. The second-order valence-corrected chi connectivity index (χ2v) is 4.18. The van der Waals surface area contributed by atoms with Gasteiger partial charge >= 0.3 is 0 Å². The Morgan fingerprint density at radius 1 is 1.40 bits per heavy atom. The number of benzene rings is 1. The van der Waals surface area contributed by atoms with Crippen LogP contribution in [0.25, 0.3) is 0 Å². The second kappa shape index (κ2) is 4.08. The molecular formula is C14H16O. The first kappa shape index (κ1) is 10.3. The van der Waals surface area contributed by atoms with Crippen molar-refractivity contribution in [2.45, 2.75) is 31.8 Å². The Morgan fingerprint density at radius 2 is 2.13 bits per heavy atom. The lowest BCUT2D eigenvalue weighted by Gasteiger charge is -2.41. The molecular weight excluding hydrogens is 184 g/mol. The molecule has 2 atom stereocenters. The summed E-state index contributed by atoms with van der Waals surface area (Å²) in [6.07, 6.45) is 2.95. The molecule has 0 spiro atoms. The third kappa shape index (κ3) is 2.06. The van der Waals surface area contributed by atoms with Crippen molar-refractivity contribution in [3.63, 3.8) is 0 Å². The molecule has 0 radical (unpaired) electrons. The first-order chi connectivity index (χ1) is 7.24. The van der Waals surface area contributed by atoms with Gasteiger partial charge in [-0.2, -0.15) is 0 Å². The van der Waals surface area contributed by atoms with Crippen LogP contribution in [-0.4, -0.2) is 10.7 Å². The predicted octanol–water partition coefficient (Wildman–Crippen LogP) is 2.59. The summed E-state index contributed by atoms with van der Waals surface area (Å²) in [6.45, 7) is 2.11. The maximum absolute atomic E-state index is 10.2. The van der Waals surface area contributed by atoms with Gasteiger partial charge in [0.05, 0.1) is 0 Å². The van der Waals surface area contributed by atoms with Gasteiger partial charge in [0.15, 0.2) is 0 Å². The van der Waals surface area contributed by atoms with Crippen LogP contribution in [0.1, 0.15) is 31.7 Å². The lowest BCUT2D eigenvalue weighted by atomic mass is 9.68. The van der Waals surface area contributed by atoms with Crippen molar-refractivity contribution in [3.05, 3.63) is 35.9 Å². The third-order valence-corrected chi connectivity index (χ3v) is 3.24. The summed E-state index contributed by atoms with van der Waals surface area (Å²) < 4.78 is 0. The largest absolute Gasteiger partial charge is 0.377 e. The van der Waals surface area contributed by atoms with Crippen molar-refractivity contribution in [2.24, 2.45) is 5.92 Å². The Kier molecular flexibility index (Phi) is 2.79. The van der Waals surface area contributed by atoms with E-state index in [0.717, 1.165) is 24.8 Å². The van der Waals surface area contributed by atoms with Crippen LogP contribution in [0.15, 0.2) is 30.3 Å². The second-order valence-electron chi connectivity index (χ2n) is 4.18. The van der Waals surface area contributed by atoms with Gasteiger partial charge in [0.2, 0.25) is 0 Å². The first-order valence-electron chi connectivity index (χ1n) is 5.55. The van der Waals surface area contributed by atoms with E-state index in [9.17, 15) is 5.11 Å². The van der Waals surface area contributed by atoms with Gasteiger partial charge in [0.1, 0.15) is 5.60 Å². The minimum Gasteiger partial charge on any atom is -0.377 e. The molecule has 1 aromatic carbocycles. The monoisotopic (exact) mass is 200 g/mol. The maximum Gasteiger partial charge on any atom is 0.128 e. The van der Waals surface area contributed by atoms with Gasteiger partial charge in [-0.1, -0.05) is 37.0 Å². The van der Waals surface area contributed by atoms with E-state index in [1.807, 2.05) is 30.3 Å². The van der Waals surface area contributed by atoms with Crippen molar-refractivity contribution in [1.82, 2.24) is 0 Å². The van der Waals surface area contributed by atoms with Gasteiger partial charge < -0.3 is 5.11 Å². The minimum atomic E-state index is -0.718. The van der Waals surface area contributed by atoms with Crippen molar-refractivity contribution < 1.29 is 5.11 Å². The Balaban J connectivity index is 2.12. The fourth-order valence-electron chi connectivity index (χ4n) is 2.03. The van der Waals surface area contributed by atoms with Gasteiger partial charge in [0.25, 0.3) is 0 Å². The van der Waals surface area contributed by atoms with Crippen LogP contribution in [0, 0.1) is 17.8 Å². The number of hydrogen-bond acceptors (Lipinski definition) is 1. The molecule has 1 fully saturated rings. The molecule has 1 nitrogen and oxygen atoms in total. The molecule has 0 unspecified atom stereocenters. The Labute approximate surface area is 91.1 Å². The smallest absolute Gasteiger partial charge is 0.128 e. The average molecular weight is 200 g/mol. The van der Waals surface area contributed by atoms with E-state index in [4.69, 9.17) is 0 Å². The molecule has 0 aromatic heterocycles. The summed E-state index contributed by atoms with van der Waals surface area (Å²) in [5.74, 6) is 6.44. The number of aliphatic hydroxyl groups is 1. The Hall–Kier alpha value is -1.26. The molecule has 15 heavy (non-hydrogen) atoms. The van der Waals surface area contributed by atoms with E-state index >= 15 is 0 Å². The third-order valence-electron chi connectivity index (χ3n) is 3.24. The standard InChI is InChI=1S/C14H16O/c1-2-13-9-11-14(13,15)10-8-12-6-4-3-5-7-12/h3-7,13,15H,2,9,11H2,1H3/t13-,14-/m0/s1. The van der Waals surface area contributed by atoms with Gasteiger partial charge in [0, 0.05) is 5.56 Å². The van der Waals surface area contributed by atoms with Crippen molar-refractivity contribution >= 4 is 0 Å². The van der Waals surface area contributed by atoms with E-state index in [-0.39, 0.29) is 0 Å². The maximum atomic E-state index is 10.2. The highest BCUT2D eigenvalue weighted by molar-refractivity contribution is 5.37. The summed E-state index contributed by atoms with van der Waals surface area (Å²) in [5.41, 5.74) is 0.262. The van der Waals surface area contributed by atoms with Gasteiger partial charge in [-0.25, -0.2) is 0 Å². The molecule has 0 saturated heterocycles. The normalized spacial score (nSPS) is 28.8. The summed E-state index contributed by atoms with van der Waals surface area (Å²) in [4.78, 5) is 0. The highest BCUT2D eigenvalue weighted by atomic mass is 16.3. The Bertz CT molecular complexity index is 383. The van der Waals surface area contributed by atoms with E-state index in [0.29, 0.717) is 5.92 Å². The number of hydrogen-bond donors (Lipinski definition) is 1. The summed E-state index contributed by atoms with van der Waals surface area (Å²) in [6, 6.07) is 9.84. The first-order valence-corrected chi connectivity index (χ1v) is 5.55. The fraction of sp³-hybridized carbons (Fsp3) is 0.429. The van der Waals surface area contributed by atoms with Crippen LogP contribution in [0.4, 0.5) is 0 Å². The molecule has 1 aromatic rings. The fourth-order valence-corrected chi connectivity index (χ4v) is 2.03. The molecule has 1 saturated carbocycles. The SMILES string of the molecule is CC[C@H]1CC[C@@]1(O)C#Cc1ccccc1. The lowest BCUT2D eigenvalue weighted by molar-refractivity contribution is -0.0439. The minimum absolute atomic E-state index is 0.369. The van der Waals surface area contributed by atoms with E-state index in [1.165, 1.54) is 0 Å². The van der Waals surface area contributed by atoms with Crippen LogP contribution in [0.5, 0.6) is 0 Å². The van der Waals surface area contributed by atoms with E-state index in [2.05, 4.69) is 18.8 Å². The summed E-state index contributed by atoms with van der Waals surface area (Å²) in [7, 11) is 0. The van der Waals surface area contributed by atoms with Crippen molar-refractivity contribution in [3.8, 4) is 11.8 Å². The van der Waals surface area contributed by atoms with Crippen molar-refractivity contribution in [1.29, 1.82) is 0 Å². The highest BCUT2D eigenvalue weighted by Crippen LogP contribution is 2.40. The zero-order chi connectivity index (χ0) is 10.7. The van der Waals surface area contributed by atoms with E-state index in [1.54, 1.807) is 0 Å². The summed E-state index contributed by atoms with van der Waals surface area (Å²) >= 11 is 0. The molecule has 1 aliphatic carbocycles. The zero-order valence-corrected chi connectivity index (χ0v) is 9.03. The number of rotatable bonds is 1. The topological polar surface area (TPSA) is 20.2 Å². The molecule has 0 heterocycles. The lowest BCUT2D eigenvalue weighted by Crippen LogP contribution is -2.45. The van der Waals surface area contributed by atoms with Crippen LogP contribution in [0.3, 0.4) is 0 Å². The Morgan fingerprint density at radius 3 is 2.67 bits per heavy atom. The van der Waals surface area contributed by atoms with Crippen LogP contribution >= 0.6 is 0 Å². The van der Waals surface area contributed by atoms with Crippen LogP contribution in [-0.2, 0) is 0 Å². The molecule has 1 heteroatoms. The quantitative estimate of drug-likeness (QED) is 0.691. The molecule has 1 N–H and O–H groups in total. The van der Waals surface area contributed by atoms with Crippen molar-refractivity contribution in [2.75, 3.05) is 0 Å². The van der Waals surface area contributed by atoms with Gasteiger partial charge in [-0.05, 0) is 37.3 Å². The zero-order valence-electron chi connectivity index (χ0n) is 9.03. The molecule has 0 aliphatic heterocycles. The van der Waals surface area contributed by atoms with E-state index < -0.39 is 5.60 Å². The van der Waals surface area contributed by atoms with Gasteiger partial charge in [-0.15, -0.1) is 0 Å². The predicted molar refractivity (Wildman–Crippen MR) is 61.3 cm³/mol. The van der Waals surface area contributed by atoms with Gasteiger partial charge in [-0.3, -0.25) is 0 Å². The molecule has 2 rings (SSSR count). The van der Waals surface area contributed by atoms with Crippen LogP contribution < -0.4 is 0 Å². The molecule has 0 amide bonds. The summed E-state index contributed by atoms with van der Waals surface area (Å²) in [5, 5.41) is 10.2. The molecule has 1 aliphatic rings. The molecule has 0 bridgehead atoms.